The van der Waals surface area contributed by atoms with E-state index >= 15 is 0 Å². The van der Waals surface area contributed by atoms with Gasteiger partial charge in [-0.1, -0.05) is 66.7 Å². The van der Waals surface area contributed by atoms with E-state index in [2.05, 4.69) is 5.32 Å². The molecule has 1 aromatic heterocycles. The van der Waals surface area contributed by atoms with Crippen LogP contribution in [0.1, 0.15) is 38.4 Å². The predicted molar refractivity (Wildman–Crippen MR) is 124 cm³/mol. The molecule has 1 amide bonds. The highest BCUT2D eigenvalue weighted by Gasteiger charge is 2.23. The number of hydrogen-bond donors (Lipinski definition) is 2. The SMILES string of the molecule is O=C(Nc1nc2c(nc1Cc1ccccc1)-c1ccc(CO)cc1CC2)c1ccccc1. The van der Waals surface area contributed by atoms with Gasteiger partial charge in [0, 0.05) is 17.5 Å². The van der Waals surface area contributed by atoms with Crippen LogP contribution in [0.5, 0.6) is 0 Å². The van der Waals surface area contributed by atoms with Crippen LogP contribution in [0.15, 0.2) is 78.9 Å². The van der Waals surface area contributed by atoms with Gasteiger partial charge in [0.2, 0.25) is 0 Å². The van der Waals surface area contributed by atoms with Crippen molar-refractivity contribution in [3.05, 3.63) is 113 Å². The number of aliphatic hydroxyl groups excluding tert-OH is 1. The highest BCUT2D eigenvalue weighted by Crippen LogP contribution is 2.34. The summed E-state index contributed by atoms with van der Waals surface area (Å²) >= 11 is 0. The van der Waals surface area contributed by atoms with Crippen molar-refractivity contribution >= 4 is 11.7 Å². The number of nitrogens with zero attached hydrogens (tertiary/aromatic N) is 2. The van der Waals surface area contributed by atoms with Crippen molar-refractivity contribution in [1.82, 2.24) is 9.97 Å². The monoisotopic (exact) mass is 421 g/mol. The van der Waals surface area contributed by atoms with E-state index in [1.165, 1.54) is 5.56 Å². The van der Waals surface area contributed by atoms with Gasteiger partial charge >= 0.3 is 0 Å². The summed E-state index contributed by atoms with van der Waals surface area (Å²) < 4.78 is 0. The maximum absolute atomic E-state index is 12.9. The number of aryl methyl sites for hydroxylation is 2. The number of nitrogens with one attached hydrogen (secondary N) is 1. The molecule has 1 aliphatic carbocycles. The fourth-order valence-corrected chi connectivity index (χ4v) is 4.11. The van der Waals surface area contributed by atoms with Gasteiger partial charge in [-0.05, 0) is 41.7 Å². The maximum atomic E-state index is 12.9. The van der Waals surface area contributed by atoms with E-state index in [1.807, 2.05) is 66.7 Å². The highest BCUT2D eigenvalue weighted by molar-refractivity contribution is 6.04. The number of aromatic nitrogens is 2. The van der Waals surface area contributed by atoms with Crippen LogP contribution >= 0.6 is 0 Å². The second-order valence-corrected chi connectivity index (χ2v) is 7.95. The fraction of sp³-hybridized carbons (Fsp3) is 0.148. The molecular formula is C27H23N3O2. The number of anilines is 1. The third-order valence-corrected chi connectivity index (χ3v) is 5.76. The molecule has 0 unspecified atom stereocenters. The first-order chi connectivity index (χ1) is 15.7. The van der Waals surface area contributed by atoms with Crippen molar-refractivity contribution in [3.8, 4) is 11.3 Å². The van der Waals surface area contributed by atoms with Gasteiger partial charge in [-0.15, -0.1) is 0 Å². The molecule has 1 aliphatic rings. The first-order valence-electron chi connectivity index (χ1n) is 10.7. The number of benzene rings is 3. The first-order valence-corrected chi connectivity index (χ1v) is 10.7. The molecule has 0 bridgehead atoms. The second-order valence-electron chi connectivity index (χ2n) is 7.95. The average Bonchev–Trinajstić information content (AvgIpc) is 2.85. The van der Waals surface area contributed by atoms with E-state index in [0.29, 0.717) is 17.8 Å². The van der Waals surface area contributed by atoms with E-state index < -0.39 is 0 Å². The Morgan fingerprint density at radius 3 is 2.38 bits per heavy atom. The zero-order valence-corrected chi connectivity index (χ0v) is 17.6. The second kappa shape index (κ2) is 8.73. The quantitative estimate of drug-likeness (QED) is 0.495. The minimum absolute atomic E-state index is 0.0233. The molecule has 0 radical (unpaired) electrons. The molecule has 5 heteroatoms. The summed E-state index contributed by atoms with van der Waals surface area (Å²) in [4.78, 5) is 22.7. The van der Waals surface area contributed by atoms with Crippen LogP contribution in [0.2, 0.25) is 0 Å². The van der Waals surface area contributed by atoms with Crippen LogP contribution in [0.25, 0.3) is 11.3 Å². The molecule has 158 valence electrons. The van der Waals surface area contributed by atoms with Gasteiger partial charge in [0.25, 0.3) is 5.91 Å². The molecule has 0 atom stereocenters. The van der Waals surface area contributed by atoms with Crippen LogP contribution in [0.3, 0.4) is 0 Å². The molecule has 2 N–H and O–H groups in total. The summed E-state index contributed by atoms with van der Waals surface area (Å²) in [7, 11) is 0. The lowest BCUT2D eigenvalue weighted by Crippen LogP contribution is -2.18. The predicted octanol–water partition coefficient (Wildman–Crippen LogP) is 4.58. The Kier molecular flexibility index (Phi) is 5.48. The number of carbonyl (C=O) groups is 1. The fourth-order valence-electron chi connectivity index (χ4n) is 4.11. The molecular weight excluding hydrogens is 398 g/mol. The van der Waals surface area contributed by atoms with Gasteiger partial charge in [0.1, 0.15) is 0 Å². The van der Waals surface area contributed by atoms with Crippen LogP contribution in [0.4, 0.5) is 5.82 Å². The molecule has 0 saturated carbocycles. The minimum atomic E-state index is -0.196. The van der Waals surface area contributed by atoms with E-state index in [-0.39, 0.29) is 12.5 Å². The lowest BCUT2D eigenvalue weighted by atomic mass is 9.90. The van der Waals surface area contributed by atoms with Gasteiger partial charge in [-0.2, -0.15) is 0 Å². The summed E-state index contributed by atoms with van der Waals surface area (Å²) in [6.07, 6.45) is 2.13. The van der Waals surface area contributed by atoms with Crippen LogP contribution < -0.4 is 5.32 Å². The van der Waals surface area contributed by atoms with Crippen molar-refractivity contribution in [1.29, 1.82) is 0 Å². The molecule has 4 aromatic rings. The first kappa shape index (κ1) is 20.1. The standard InChI is InChI=1S/C27H23N3O2/c31-17-19-11-13-22-21(15-19)12-14-23-25(22)28-24(16-18-7-3-1-4-8-18)26(29-23)30-27(32)20-9-5-2-6-10-20/h1-11,13,15,31H,12,14,16-17H2,(H,29,30,32). The maximum Gasteiger partial charge on any atom is 0.256 e. The summed E-state index contributed by atoms with van der Waals surface area (Å²) in [5, 5.41) is 12.5. The largest absolute Gasteiger partial charge is 0.392 e. The Hall–Kier alpha value is -3.83. The summed E-state index contributed by atoms with van der Waals surface area (Å²) in [6.45, 7) is 0.0233. The molecule has 3 aromatic carbocycles. The third kappa shape index (κ3) is 4.03. The Balaban J connectivity index is 1.57. The molecule has 0 fully saturated rings. The van der Waals surface area contributed by atoms with Crippen molar-refractivity contribution in [2.45, 2.75) is 25.9 Å². The number of rotatable bonds is 5. The topological polar surface area (TPSA) is 75.1 Å². The van der Waals surface area contributed by atoms with E-state index in [0.717, 1.165) is 46.6 Å². The smallest absolute Gasteiger partial charge is 0.256 e. The Morgan fingerprint density at radius 1 is 0.875 bits per heavy atom. The number of amides is 1. The van der Waals surface area contributed by atoms with E-state index in [4.69, 9.17) is 9.97 Å². The third-order valence-electron chi connectivity index (χ3n) is 5.76. The molecule has 0 spiro atoms. The van der Waals surface area contributed by atoms with Crippen molar-refractivity contribution in [2.24, 2.45) is 0 Å². The number of fused-ring (bicyclic) bond motifs is 3. The van der Waals surface area contributed by atoms with Crippen LogP contribution in [-0.2, 0) is 25.9 Å². The van der Waals surface area contributed by atoms with Gasteiger partial charge in [-0.25, -0.2) is 9.97 Å². The number of aliphatic hydroxyl groups is 1. The molecule has 5 nitrogen and oxygen atoms in total. The highest BCUT2D eigenvalue weighted by atomic mass is 16.3. The zero-order chi connectivity index (χ0) is 21.9. The lowest BCUT2D eigenvalue weighted by Gasteiger charge is -2.21. The normalized spacial score (nSPS) is 12.0. The molecule has 5 rings (SSSR count). The Labute approximate surface area is 186 Å². The minimum Gasteiger partial charge on any atom is -0.392 e. The lowest BCUT2D eigenvalue weighted by molar-refractivity contribution is 0.102. The van der Waals surface area contributed by atoms with Gasteiger partial charge in [-0.3, -0.25) is 4.79 Å². The van der Waals surface area contributed by atoms with Crippen molar-refractivity contribution < 1.29 is 9.90 Å². The van der Waals surface area contributed by atoms with Gasteiger partial charge in [0.15, 0.2) is 5.82 Å². The Bertz CT molecular complexity index is 1270. The number of carbonyl (C=O) groups excluding carboxylic acids is 1. The average molecular weight is 422 g/mol. The van der Waals surface area contributed by atoms with E-state index in [1.54, 1.807) is 12.1 Å². The molecule has 0 saturated heterocycles. The Morgan fingerprint density at radius 2 is 1.62 bits per heavy atom. The van der Waals surface area contributed by atoms with E-state index in [9.17, 15) is 9.90 Å². The van der Waals surface area contributed by atoms with Crippen molar-refractivity contribution in [3.63, 3.8) is 0 Å². The van der Waals surface area contributed by atoms with Crippen LogP contribution in [0, 0.1) is 0 Å². The van der Waals surface area contributed by atoms with Crippen molar-refractivity contribution in [2.75, 3.05) is 5.32 Å². The zero-order valence-electron chi connectivity index (χ0n) is 17.6. The number of hydrogen-bond acceptors (Lipinski definition) is 4. The van der Waals surface area contributed by atoms with Gasteiger partial charge in [0.05, 0.1) is 23.7 Å². The van der Waals surface area contributed by atoms with Gasteiger partial charge < -0.3 is 10.4 Å². The summed E-state index contributed by atoms with van der Waals surface area (Å²) in [5.41, 5.74) is 7.28. The van der Waals surface area contributed by atoms with Crippen LogP contribution in [-0.4, -0.2) is 21.0 Å². The molecule has 0 aliphatic heterocycles. The molecule has 1 heterocycles. The summed E-state index contributed by atoms with van der Waals surface area (Å²) in [6, 6.07) is 25.2. The molecule has 32 heavy (non-hydrogen) atoms. The summed E-state index contributed by atoms with van der Waals surface area (Å²) in [5.74, 6) is 0.315.